The van der Waals surface area contributed by atoms with Crippen molar-refractivity contribution < 1.29 is 9.72 Å². The van der Waals surface area contributed by atoms with Crippen LogP contribution in [0, 0.1) is 10.1 Å². The zero-order chi connectivity index (χ0) is 13.9. The van der Waals surface area contributed by atoms with Crippen LogP contribution in [0.4, 0.5) is 0 Å². The molecule has 0 saturated heterocycles. The summed E-state index contributed by atoms with van der Waals surface area (Å²) in [5.74, 6) is -0.521. The Hall–Kier alpha value is -1.42. The first kappa shape index (κ1) is 14.6. The molecule has 5 heteroatoms. The fourth-order valence-corrected chi connectivity index (χ4v) is 2.01. The van der Waals surface area contributed by atoms with Crippen molar-refractivity contribution in [3.05, 3.63) is 45.0 Å². The summed E-state index contributed by atoms with van der Waals surface area (Å²) in [5.41, 5.74) is -0.434. The van der Waals surface area contributed by atoms with Crippen molar-refractivity contribution in [1.29, 1.82) is 0 Å². The minimum absolute atomic E-state index is 0.0649. The maximum atomic E-state index is 11.3. The molecule has 1 aromatic carbocycles. The summed E-state index contributed by atoms with van der Waals surface area (Å²) < 4.78 is 0. The molecule has 4 nitrogen and oxygen atoms in total. The Kier molecular flexibility index (Phi) is 4.46. The maximum Gasteiger partial charge on any atom is 0.223 e. The van der Waals surface area contributed by atoms with Crippen LogP contribution in [0.25, 0.3) is 0 Å². The lowest BCUT2D eigenvalue weighted by atomic mass is 9.79. The highest BCUT2D eigenvalue weighted by Gasteiger charge is 2.42. The normalized spacial score (nSPS) is 13.1. The van der Waals surface area contributed by atoms with Gasteiger partial charge >= 0.3 is 0 Å². The first-order valence-electron chi connectivity index (χ1n) is 5.64. The molecule has 0 heterocycles. The molecular weight excluding hydrogens is 254 g/mol. The van der Waals surface area contributed by atoms with E-state index in [2.05, 4.69) is 0 Å². The summed E-state index contributed by atoms with van der Waals surface area (Å²) in [5, 5.41) is 11.7. The number of hydrogen-bond donors (Lipinski definition) is 0. The van der Waals surface area contributed by atoms with Crippen LogP contribution in [0.1, 0.15) is 38.7 Å². The van der Waals surface area contributed by atoms with Gasteiger partial charge < -0.3 is 4.79 Å². The summed E-state index contributed by atoms with van der Waals surface area (Å²) >= 11 is 5.80. The minimum atomic E-state index is -1.19. The molecule has 0 aliphatic heterocycles. The molecule has 0 amide bonds. The predicted octanol–water partition coefficient (Wildman–Crippen LogP) is 3.46. The van der Waals surface area contributed by atoms with E-state index in [1.165, 1.54) is 20.8 Å². The van der Waals surface area contributed by atoms with E-state index in [-0.39, 0.29) is 17.1 Å². The van der Waals surface area contributed by atoms with Gasteiger partial charge in [0.1, 0.15) is 5.78 Å². The molecule has 0 spiro atoms. The molecular formula is C13H16ClNO3. The number of hydrogen-bond acceptors (Lipinski definition) is 3. The lowest BCUT2D eigenvalue weighted by Crippen LogP contribution is -2.39. The van der Waals surface area contributed by atoms with E-state index >= 15 is 0 Å². The van der Waals surface area contributed by atoms with Crippen LogP contribution in [0.3, 0.4) is 0 Å². The van der Waals surface area contributed by atoms with E-state index in [4.69, 9.17) is 11.6 Å². The summed E-state index contributed by atoms with van der Waals surface area (Å²) in [6, 6.07) is 6.84. The standard InChI is InChI=1S/C13H16ClNO3/c1-9(16)8-12(13(2,3)15(17)18)10-4-6-11(14)7-5-10/h4-7,12H,8H2,1-3H3/t12-/m0/s1. The molecule has 0 unspecified atom stereocenters. The fraction of sp³-hybridized carbons (Fsp3) is 0.462. The molecule has 0 radical (unpaired) electrons. The van der Waals surface area contributed by atoms with Crippen LogP contribution in [-0.4, -0.2) is 16.2 Å². The van der Waals surface area contributed by atoms with E-state index in [0.29, 0.717) is 5.02 Å². The van der Waals surface area contributed by atoms with Gasteiger partial charge in [-0.15, -0.1) is 0 Å². The molecule has 0 saturated carbocycles. The average Bonchev–Trinajstić information content (AvgIpc) is 2.26. The van der Waals surface area contributed by atoms with Gasteiger partial charge in [-0.05, 0) is 24.6 Å². The second-order valence-electron chi connectivity index (χ2n) is 4.92. The van der Waals surface area contributed by atoms with E-state index in [9.17, 15) is 14.9 Å². The number of benzene rings is 1. The van der Waals surface area contributed by atoms with Crippen molar-refractivity contribution in [3.63, 3.8) is 0 Å². The minimum Gasteiger partial charge on any atom is -0.300 e. The Balaban J connectivity index is 3.17. The molecule has 1 rings (SSSR count). The van der Waals surface area contributed by atoms with Gasteiger partial charge in [0, 0.05) is 30.2 Å². The number of carbonyl (C=O) groups excluding carboxylic acids is 1. The first-order valence-corrected chi connectivity index (χ1v) is 6.02. The lowest BCUT2D eigenvalue weighted by Gasteiger charge is -2.26. The third kappa shape index (κ3) is 3.29. The SMILES string of the molecule is CC(=O)C[C@@H](c1ccc(Cl)cc1)C(C)(C)[N+](=O)[O-]. The first-order chi connectivity index (χ1) is 8.25. The third-order valence-corrected chi connectivity index (χ3v) is 3.34. The zero-order valence-electron chi connectivity index (χ0n) is 10.6. The fourth-order valence-electron chi connectivity index (χ4n) is 1.89. The summed E-state index contributed by atoms with van der Waals surface area (Å²) in [6.07, 6.45) is 0.148. The zero-order valence-corrected chi connectivity index (χ0v) is 11.4. The highest BCUT2D eigenvalue weighted by atomic mass is 35.5. The van der Waals surface area contributed by atoms with Crippen molar-refractivity contribution in [2.75, 3.05) is 0 Å². The number of halogens is 1. The smallest absolute Gasteiger partial charge is 0.223 e. The maximum absolute atomic E-state index is 11.3. The van der Waals surface area contributed by atoms with Crippen molar-refractivity contribution in [2.24, 2.45) is 0 Å². The Labute approximate surface area is 111 Å². The van der Waals surface area contributed by atoms with Gasteiger partial charge in [-0.3, -0.25) is 10.1 Å². The van der Waals surface area contributed by atoms with Crippen molar-refractivity contribution >= 4 is 17.4 Å². The largest absolute Gasteiger partial charge is 0.300 e. The molecule has 1 atom stereocenters. The van der Waals surface area contributed by atoms with Crippen LogP contribution < -0.4 is 0 Å². The predicted molar refractivity (Wildman–Crippen MR) is 70.6 cm³/mol. The second-order valence-corrected chi connectivity index (χ2v) is 5.36. The Morgan fingerprint density at radius 1 is 1.39 bits per heavy atom. The average molecular weight is 270 g/mol. The quantitative estimate of drug-likeness (QED) is 0.607. The lowest BCUT2D eigenvalue weighted by molar-refractivity contribution is -0.565. The van der Waals surface area contributed by atoms with Gasteiger partial charge in [-0.1, -0.05) is 23.7 Å². The topological polar surface area (TPSA) is 60.2 Å². The van der Waals surface area contributed by atoms with Crippen molar-refractivity contribution in [3.8, 4) is 0 Å². The van der Waals surface area contributed by atoms with Gasteiger partial charge in [0.05, 0.1) is 5.92 Å². The van der Waals surface area contributed by atoms with Crippen LogP contribution in [0.15, 0.2) is 24.3 Å². The second kappa shape index (κ2) is 5.48. The Morgan fingerprint density at radius 2 is 1.89 bits per heavy atom. The van der Waals surface area contributed by atoms with Gasteiger partial charge in [0.15, 0.2) is 0 Å². The van der Waals surface area contributed by atoms with Gasteiger partial charge in [-0.25, -0.2) is 0 Å². The number of nitro groups is 1. The summed E-state index contributed by atoms with van der Waals surface area (Å²) in [7, 11) is 0. The van der Waals surface area contributed by atoms with Crippen LogP contribution >= 0.6 is 11.6 Å². The number of Topliss-reactive ketones (excluding diaryl/α,β-unsaturated/α-hetero) is 1. The highest BCUT2D eigenvalue weighted by molar-refractivity contribution is 6.30. The molecule has 0 aliphatic rings. The molecule has 1 aromatic rings. The Bertz CT molecular complexity index is 454. The molecule has 0 aromatic heterocycles. The highest BCUT2D eigenvalue weighted by Crippen LogP contribution is 2.34. The van der Waals surface area contributed by atoms with Gasteiger partial charge in [-0.2, -0.15) is 0 Å². The summed E-state index contributed by atoms with van der Waals surface area (Å²) in [6.45, 7) is 4.52. The van der Waals surface area contributed by atoms with E-state index in [1.54, 1.807) is 24.3 Å². The van der Waals surface area contributed by atoms with Gasteiger partial charge in [0.25, 0.3) is 0 Å². The number of ketones is 1. The van der Waals surface area contributed by atoms with Crippen molar-refractivity contribution in [2.45, 2.75) is 38.6 Å². The molecule has 98 valence electrons. The monoisotopic (exact) mass is 269 g/mol. The number of rotatable bonds is 5. The summed E-state index contributed by atoms with van der Waals surface area (Å²) in [4.78, 5) is 22.1. The van der Waals surface area contributed by atoms with Crippen LogP contribution in [0.2, 0.25) is 5.02 Å². The number of carbonyl (C=O) groups is 1. The van der Waals surface area contributed by atoms with Crippen molar-refractivity contribution in [1.82, 2.24) is 0 Å². The molecule has 18 heavy (non-hydrogen) atoms. The Morgan fingerprint density at radius 3 is 2.28 bits per heavy atom. The number of nitrogens with zero attached hydrogens (tertiary/aromatic N) is 1. The molecule has 0 fully saturated rings. The molecule has 0 bridgehead atoms. The van der Waals surface area contributed by atoms with Crippen LogP contribution in [-0.2, 0) is 4.79 Å². The third-order valence-electron chi connectivity index (χ3n) is 3.09. The van der Waals surface area contributed by atoms with Crippen LogP contribution in [0.5, 0.6) is 0 Å². The van der Waals surface area contributed by atoms with E-state index in [1.807, 2.05) is 0 Å². The van der Waals surface area contributed by atoms with E-state index < -0.39 is 11.5 Å². The molecule has 0 N–H and O–H groups in total. The van der Waals surface area contributed by atoms with Gasteiger partial charge in [0.2, 0.25) is 5.54 Å². The van der Waals surface area contributed by atoms with E-state index in [0.717, 1.165) is 5.56 Å². The molecule has 0 aliphatic carbocycles.